The molecule has 1 aromatic carbocycles. The summed E-state index contributed by atoms with van der Waals surface area (Å²) < 4.78 is 0. The van der Waals surface area contributed by atoms with Gasteiger partial charge in [-0.05, 0) is 35.9 Å². The molecule has 0 bridgehead atoms. The first-order chi connectivity index (χ1) is 9.74. The van der Waals surface area contributed by atoms with E-state index in [0.29, 0.717) is 12.1 Å². The minimum Gasteiger partial charge on any atom is -0.319 e. The molecular weight excluding hydrogens is 260 g/mol. The molecule has 2 N–H and O–H groups in total. The van der Waals surface area contributed by atoms with Crippen molar-refractivity contribution in [3.05, 3.63) is 30.1 Å². The molecule has 2 aromatic rings. The fourth-order valence-electron chi connectivity index (χ4n) is 2.09. The summed E-state index contributed by atoms with van der Waals surface area (Å²) in [7, 11) is 0. The Morgan fingerprint density at radius 2 is 2.10 bits per heavy atom. The first-order valence-corrected chi connectivity index (χ1v) is 6.19. The lowest BCUT2D eigenvalue weighted by Crippen LogP contribution is -2.23. The number of benzene rings is 1. The van der Waals surface area contributed by atoms with E-state index in [9.17, 15) is 9.59 Å². The molecule has 0 radical (unpaired) electrons. The average molecular weight is 272 g/mol. The van der Waals surface area contributed by atoms with Gasteiger partial charge in [-0.15, -0.1) is 10.2 Å². The van der Waals surface area contributed by atoms with Crippen molar-refractivity contribution in [2.24, 2.45) is 0 Å². The molecule has 3 rings (SSSR count). The molecule has 0 spiro atoms. The third kappa shape index (κ3) is 2.35. The summed E-state index contributed by atoms with van der Waals surface area (Å²) >= 11 is 0. The highest BCUT2D eigenvalue weighted by molar-refractivity contribution is 6.01. The molecule has 1 saturated heterocycles. The molecule has 1 aromatic heterocycles. The summed E-state index contributed by atoms with van der Waals surface area (Å²) in [5, 5.41) is 15.4. The van der Waals surface area contributed by atoms with Crippen molar-refractivity contribution in [2.45, 2.75) is 12.8 Å². The summed E-state index contributed by atoms with van der Waals surface area (Å²) in [5.74, 6) is -0.332. The van der Waals surface area contributed by atoms with Crippen LogP contribution in [0.25, 0.3) is 0 Å². The van der Waals surface area contributed by atoms with E-state index in [1.807, 2.05) is 0 Å². The van der Waals surface area contributed by atoms with Gasteiger partial charge >= 0.3 is 0 Å². The minimum absolute atomic E-state index is 0.0243. The average Bonchev–Trinajstić information content (AvgIpc) is 3.11. The molecule has 2 amide bonds. The molecule has 0 atom stereocenters. The zero-order valence-corrected chi connectivity index (χ0v) is 10.5. The second-order valence-electron chi connectivity index (χ2n) is 4.39. The highest BCUT2D eigenvalue weighted by atomic mass is 16.2. The number of anilines is 2. The maximum absolute atomic E-state index is 11.7. The second-order valence-corrected chi connectivity index (χ2v) is 4.39. The van der Waals surface area contributed by atoms with E-state index in [0.717, 1.165) is 18.7 Å². The Bertz CT molecular complexity index is 622. The molecule has 0 unspecified atom stereocenters. The van der Waals surface area contributed by atoms with E-state index in [1.165, 1.54) is 0 Å². The van der Waals surface area contributed by atoms with E-state index >= 15 is 0 Å². The monoisotopic (exact) mass is 272 g/mol. The number of carbonyl (C=O) groups is 2. The first-order valence-electron chi connectivity index (χ1n) is 6.19. The number of aromatic amines is 1. The van der Waals surface area contributed by atoms with Gasteiger partial charge in [0.25, 0.3) is 11.7 Å². The van der Waals surface area contributed by atoms with E-state index < -0.39 is 5.91 Å². The third-order valence-electron chi connectivity index (χ3n) is 3.06. The zero-order chi connectivity index (χ0) is 13.9. The van der Waals surface area contributed by atoms with Crippen LogP contribution in [0.2, 0.25) is 0 Å². The van der Waals surface area contributed by atoms with Gasteiger partial charge < -0.3 is 10.2 Å². The minimum atomic E-state index is -0.441. The van der Waals surface area contributed by atoms with Crippen LogP contribution in [0.1, 0.15) is 23.5 Å². The van der Waals surface area contributed by atoms with Gasteiger partial charge in [0.1, 0.15) is 0 Å². The number of hydrogen-bond acceptors (Lipinski definition) is 5. The molecule has 0 aliphatic carbocycles. The fourth-order valence-corrected chi connectivity index (χ4v) is 2.09. The van der Waals surface area contributed by atoms with Crippen molar-refractivity contribution in [1.29, 1.82) is 0 Å². The van der Waals surface area contributed by atoms with Gasteiger partial charge in [0.2, 0.25) is 5.91 Å². The highest BCUT2D eigenvalue weighted by Gasteiger charge is 2.21. The summed E-state index contributed by atoms with van der Waals surface area (Å²) in [6, 6.07) is 7.07. The van der Waals surface area contributed by atoms with Gasteiger partial charge in [0.15, 0.2) is 0 Å². The molecule has 1 fully saturated rings. The lowest BCUT2D eigenvalue weighted by Gasteiger charge is -2.15. The Morgan fingerprint density at radius 1 is 1.30 bits per heavy atom. The van der Waals surface area contributed by atoms with Crippen LogP contribution in [-0.2, 0) is 4.79 Å². The normalized spacial score (nSPS) is 14.6. The molecule has 1 aliphatic rings. The number of aromatic nitrogens is 4. The topological polar surface area (TPSA) is 104 Å². The number of rotatable bonds is 3. The van der Waals surface area contributed by atoms with Gasteiger partial charge in [-0.2, -0.15) is 5.21 Å². The predicted molar refractivity (Wildman–Crippen MR) is 70.2 cm³/mol. The summed E-state index contributed by atoms with van der Waals surface area (Å²) in [5.41, 5.74) is 1.44. The van der Waals surface area contributed by atoms with Crippen LogP contribution in [0, 0.1) is 0 Å². The van der Waals surface area contributed by atoms with Gasteiger partial charge in [0.05, 0.1) is 0 Å². The molecule has 1 aliphatic heterocycles. The Balaban J connectivity index is 1.70. The number of nitrogens with one attached hydrogen (secondary N) is 2. The molecule has 2 heterocycles. The third-order valence-corrected chi connectivity index (χ3v) is 3.06. The maximum Gasteiger partial charge on any atom is 0.297 e. The van der Waals surface area contributed by atoms with Crippen molar-refractivity contribution in [2.75, 3.05) is 16.8 Å². The second kappa shape index (κ2) is 5.08. The lowest BCUT2D eigenvalue weighted by atomic mass is 10.2. The van der Waals surface area contributed by atoms with Crippen LogP contribution in [0.3, 0.4) is 0 Å². The van der Waals surface area contributed by atoms with Crippen LogP contribution in [0.4, 0.5) is 11.4 Å². The highest BCUT2D eigenvalue weighted by Crippen LogP contribution is 2.23. The van der Waals surface area contributed by atoms with E-state index in [1.54, 1.807) is 29.2 Å². The molecule has 8 nitrogen and oxygen atoms in total. The number of hydrogen-bond donors (Lipinski definition) is 2. The number of tetrazole rings is 1. The predicted octanol–water partition coefficient (Wildman–Crippen LogP) is 0.579. The quantitative estimate of drug-likeness (QED) is 0.850. The molecule has 20 heavy (non-hydrogen) atoms. The Morgan fingerprint density at radius 3 is 2.70 bits per heavy atom. The Kier molecular flexibility index (Phi) is 3.12. The van der Waals surface area contributed by atoms with Gasteiger partial charge in [-0.1, -0.05) is 0 Å². The van der Waals surface area contributed by atoms with E-state index in [4.69, 9.17) is 0 Å². The Hall–Kier alpha value is -2.77. The smallest absolute Gasteiger partial charge is 0.297 e. The van der Waals surface area contributed by atoms with Crippen LogP contribution < -0.4 is 10.2 Å². The van der Waals surface area contributed by atoms with Crippen molar-refractivity contribution >= 4 is 23.2 Å². The van der Waals surface area contributed by atoms with E-state index in [-0.39, 0.29) is 11.7 Å². The van der Waals surface area contributed by atoms with Gasteiger partial charge in [-0.3, -0.25) is 9.59 Å². The van der Waals surface area contributed by atoms with Crippen molar-refractivity contribution in [1.82, 2.24) is 20.6 Å². The van der Waals surface area contributed by atoms with Crippen molar-refractivity contribution in [3.63, 3.8) is 0 Å². The van der Waals surface area contributed by atoms with Crippen LogP contribution in [0.15, 0.2) is 24.3 Å². The fraction of sp³-hybridized carbons (Fsp3) is 0.250. The van der Waals surface area contributed by atoms with Crippen molar-refractivity contribution < 1.29 is 9.59 Å². The zero-order valence-electron chi connectivity index (χ0n) is 10.5. The van der Waals surface area contributed by atoms with Crippen LogP contribution in [-0.4, -0.2) is 39.0 Å². The van der Waals surface area contributed by atoms with Gasteiger partial charge in [0, 0.05) is 24.3 Å². The van der Waals surface area contributed by atoms with Crippen molar-refractivity contribution in [3.8, 4) is 0 Å². The summed E-state index contributed by atoms with van der Waals surface area (Å²) in [6.45, 7) is 0.743. The molecular formula is C12H12N6O2. The van der Waals surface area contributed by atoms with Gasteiger partial charge in [-0.25, -0.2) is 0 Å². The molecule has 8 heteroatoms. The van der Waals surface area contributed by atoms with E-state index in [2.05, 4.69) is 25.9 Å². The number of carbonyl (C=O) groups excluding carboxylic acids is 2. The molecule has 102 valence electrons. The van der Waals surface area contributed by atoms with Crippen LogP contribution >= 0.6 is 0 Å². The summed E-state index contributed by atoms with van der Waals surface area (Å²) in [4.78, 5) is 25.1. The molecule has 0 saturated carbocycles. The standard InChI is InChI=1S/C12H12N6O2/c19-10-2-1-7-18(10)9-5-3-8(4-6-9)13-12(20)11-14-16-17-15-11/h3-6H,1-2,7H2,(H,13,20)(H,14,15,16,17). The largest absolute Gasteiger partial charge is 0.319 e. The number of H-pyrrole nitrogens is 1. The van der Waals surface area contributed by atoms with Crippen LogP contribution in [0.5, 0.6) is 0 Å². The number of nitrogens with zero attached hydrogens (tertiary/aromatic N) is 4. The first kappa shape index (κ1) is 12.3. The lowest BCUT2D eigenvalue weighted by molar-refractivity contribution is -0.117. The maximum atomic E-state index is 11.7. The number of amides is 2. The SMILES string of the molecule is O=C(Nc1ccc(N2CCCC2=O)cc1)c1nn[nH]n1. The Labute approximate surface area is 114 Å². The summed E-state index contributed by atoms with van der Waals surface area (Å²) in [6.07, 6.45) is 1.48.